The number of aromatic amines is 1. The zero-order valence-electron chi connectivity index (χ0n) is 9.83. The number of sulfonamides is 1. The maximum absolute atomic E-state index is 12.0. The summed E-state index contributed by atoms with van der Waals surface area (Å²) < 4.78 is 26.6. The molecule has 0 unspecified atom stereocenters. The molecule has 98 valence electrons. The molecular formula is C12H11N3O2S2. The smallest absolute Gasteiger partial charge is 0.241 e. The first-order valence-corrected chi connectivity index (χ1v) is 8.02. The van der Waals surface area contributed by atoms with Crippen molar-refractivity contribution in [3.63, 3.8) is 0 Å². The zero-order chi connectivity index (χ0) is 13.3. The number of hydrogen-bond donors (Lipinski definition) is 2. The Balaban J connectivity index is 1.85. The highest BCUT2D eigenvalue weighted by Gasteiger charge is 2.14. The van der Waals surface area contributed by atoms with E-state index in [2.05, 4.69) is 14.7 Å². The minimum atomic E-state index is -3.44. The maximum atomic E-state index is 12.0. The number of H-pyrrole nitrogens is 1. The molecule has 0 saturated carbocycles. The number of nitrogens with one attached hydrogen (secondary N) is 2. The van der Waals surface area contributed by atoms with Crippen molar-refractivity contribution >= 4 is 32.4 Å². The molecule has 0 amide bonds. The van der Waals surface area contributed by atoms with Crippen LogP contribution in [-0.2, 0) is 16.6 Å². The van der Waals surface area contributed by atoms with Gasteiger partial charge in [0.15, 0.2) is 0 Å². The third kappa shape index (κ3) is 2.40. The lowest BCUT2D eigenvalue weighted by Gasteiger charge is -2.06. The summed E-state index contributed by atoms with van der Waals surface area (Å²) in [6.07, 6.45) is 3.45. The fraction of sp³-hybridized carbons (Fsp3) is 0.0833. The highest BCUT2D eigenvalue weighted by molar-refractivity contribution is 7.89. The fourth-order valence-electron chi connectivity index (χ4n) is 1.83. The number of aromatic nitrogens is 2. The van der Waals surface area contributed by atoms with Crippen LogP contribution in [0.1, 0.15) is 5.56 Å². The third-order valence-corrected chi connectivity index (χ3v) is 5.04. The van der Waals surface area contributed by atoms with Gasteiger partial charge in [-0.2, -0.15) is 11.3 Å². The van der Waals surface area contributed by atoms with E-state index in [9.17, 15) is 8.42 Å². The summed E-state index contributed by atoms with van der Waals surface area (Å²) in [7, 11) is -3.44. The predicted octanol–water partition coefficient (Wildman–Crippen LogP) is 2.10. The van der Waals surface area contributed by atoms with Gasteiger partial charge in [0.1, 0.15) is 5.65 Å². The monoisotopic (exact) mass is 293 g/mol. The highest BCUT2D eigenvalue weighted by atomic mass is 32.2. The summed E-state index contributed by atoms with van der Waals surface area (Å²) >= 11 is 1.36. The Morgan fingerprint density at radius 1 is 1.32 bits per heavy atom. The summed E-state index contributed by atoms with van der Waals surface area (Å²) in [5.74, 6) is 0. The number of rotatable bonds is 4. The first-order valence-electron chi connectivity index (χ1n) is 5.60. The van der Waals surface area contributed by atoms with Crippen LogP contribution in [0, 0.1) is 0 Å². The Morgan fingerprint density at radius 3 is 3.00 bits per heavy atom. The first-order chi connectivity index (χ1) is 9.17. The van der Waals surface area contributed by atoms with Crippen LogP contribution in [-0.4, -0.2) is 18.4 Å². The molecule has 0 aliphatic heterocycles. The van der Waals surface area contributed by atoms with Gasteiger partial charge in [0.2, 0.25) is 10.0 Å². The van der Waals surface area contributed by atoms with E-state index in [1.54, 1.807) is 29.2 Å². The van der Waals surface area contributed by atoms with E-state index in [1.807, 2.05) is 12.1 Å². The standard InChI is InChI=1S/C12H11N3O2S2/c16-19(17,10-3-6-18-8-10)15-7-9-1-4-13-12-11(9)2-5-14-12/h1-6,8,15H,7H2,(H,13,14). The lowest BCUT2D eigenvalue weighted by molar-refractivity contribution is 0.582. The Morgan fingerprint density at radius 2 is 2.21 bits per heavy atom. The number of hydrogen-bond acceptors (Lipinski definition) is 4. The molecule has 0 aromatic carbocycles. The quantitative estimate of drug-likeness (QED) is 0.773. The Labute approximate surface area is 114 Å². The summed E-state index contributed by atoms with van der Waals surface area (Å²) in [4.78, 5) is 7.47. The van der Waals surface area contributed by atoms with Gasteiger partial charge < -0.3 is 4.98 Å². The minimum absolute atomic E-state index is 0.245. The summed E-state index contributed by atoms with van der Waals surface area (Å²) in [5.41, 5.74) is 1.65. The van der Waals surface area contributed by atoms with E-state index in [-0.39, 0.29) is 6.54 Å². The van der Waals surface area contributed by atoms with E-state index in [0.717, 1.165) is 16.6 Å². The second-order valence-corrected chi connectivity index (χ2v) is 6.54. The summed E-state index contributed by atoms with van der Waals surface area (Å²) in [5, 5.41) is 4.28. The topological polar surface area (TPSA) is 74.8 Å². The highest BCUT2D eigenvalue weighted by Crippen LogP contribution is 2.17. The van der Waals surface area contributed by atoms with Crippen molar-refractivity contribution in [2.45, 2.75) is 11.4 Å². The van der Waals surface area contributed by atoms with Crippen LogP contribution in [0.25, 0.3) is 11.0 Å². The van der Waals surface area contributed by atoms with Crippen LogP contribution in [0.5, 0.6) is 0 Å². The molecule has 0 aliphatic rings. The molecule has 3 rings (SSSR count). The average Bonchev–Trinajstić information content (AvgIpc) is 3.07. The van der Waals surface area contributed by atoms with Crippen LogP contribution >= 0.6 is 11.3 Å². The van der Waals surface area contributed by atoms with Gasteiger partial charge in [-0.1, -0.05) is 0 Å². The number of thiophene rings is 1. The number of nitrogens with zero attached hydrogens (tertiary/aromatic N) is 1. The van der Waals surface area contributed by atoms with Gasteiger partial charge in [-0.15, -0.1) is 0 Å². The Hall–Kier alpha value is -1.70. The number of pyridine rings is 1. The molecule has 7 heteroatoms. The van der Waals surface area contributed by atoms with Crippen LogP contribution in [0.15, 0.2) is 46.2 Å². The molecule has 0 radical (unpaired) electrons. The molecule has 5 nitrogen and oxygen atoms in total. The molecule has 0 atom stereocenters. The van der Waals surface area contributed by atoms with Crippen LogP contribution < -0.4 is 4.72 Å². The van der Waals surface area contributed by atoms with Crippen molar-refractivity contribution < 1.29 is 8.42 Å². The zero-order valence-corrected chi connectivity index (χ0v) is 11.5. The largest absolute Gasteiger partial charge is 0.346 e. The van der Waals surface area contributed by atoms with Gasteiger partial charge in [-0.3, -0.25) is 0 Å². The Kier molecular flexibility index (Phi) is 3.09. The summed E-state index contributed by atoms with van der Waals surface area (Å²) in [6.45, 7) is 0.245. The molecule has 3 heterocycles. The SMILES string of the molecule is O=S(=O)(NCc1ccnc2[nH]ccc12)c1ccsc1. The van der Waals surface area contributed by atoms with Crippen molar-refractivity contribution in [1.82, 2.24) is 14.7 Å². The van der Waals surface area contributed by atoms with E-state index in [0.29, 0.717) is 4.90 Å². The van der Waals surface area contributed by atoms with E-state index in [1.165, 1.54) is 11.3 Å². The lowest BCUT2D eigenvalue weighted by atomic mass is 10.2. The molecule has 19 heavy (non-hydrogen) atoms. The van der Waals surface area contributed by atoms with Crippen LogP contribution in [0.4, 0.5) is 0 Å². The fourth-order valence-corrected chi connectivity index (χ4v) is 3.87. The molecule has 2 N–H and O–H groups in total. The third-order valence-electron chi connectivity index (χ3n) is 2.81. The van der Waals surface area contributed by atoms with Crippen LogP contribution in [0.2, 0.25) is 0 Å². The second kappa shape index (κ2) is 4.76. The molecule has 0 bridgehead atoms. The van der Waals surface area contributed by atoms with Gasteiger partial charge in [0.05, 0.1) is 4.90 Å². The molecule has 0 fully saturated rings. The van der Waals surface area contributed by atoms with E-state index in [4.69, 9.17) is 0 Å². The van der Waals surface area contributed by atoms with Gasteiger partial charge in [-0.05, 0) is 29.1 Å². The second-order valence-electron chi connectivity index (χ2n) is 3.99. The molecule has 3 aromatic heterocycles. The Bertz CT molecular complexity index is 791. The van der Waals surface area contributed by atoms with Crippen LogP contribution in [0.3, 0.4) is 0 Å². The number of fused-ring (bicyclic) bond motifs is 1. The van der Waals surface area contributed by atoms with Crippen molar-refractivity contribution in [2.24, 2.45) is 0 Å². The van der Waals surface area contributed by atoms with Gasteiger partial charge >= 0.3 is 0 Å². The lowest BCUT2D eigenvalue weighted by Crippen LogP contribution is -2.22. The maximum Gasteiger partial charge on any atom is 0.241 e. The molecule has 0 spiro atoms. The molecule has 0 saturated heterocycles. The minimum Gasteiger partial charge on any atom is -0.346 e. The first kappa shape index (κ1) is 12.3. The molecule has 3 aromatic rings. The van der Waals surface area contributed by atoms with E-state index < -0.39 is 10.0 Å². The molecule has 0 aliphatic carbocycles. The summed E-state index contributed by atoms with van der Waals surface area (Å²) in [6, 6.07) is 5.29. The average molecular weight is 293 g/mol. The van der Waals surface area contributed by atoms with Gasteiger partial charge in [0.25, 0.3) is 0 Å². The van der Waals surface area contributed by atoms with Crippen molar-refractivity contribution in [3.8, 4) is 0 Å². The van der Waals surface area contributed by atoms with Gasteiger partial charge in [-0.25, -0.2) is 18.1 Å². The van der Waals surface area contributed by atoms with Crippen molar-refractivity contribution in [2.75, 3.05) is 0 Å². The van der Waals surface area contributed by atoms with E-state index >= 15 is 0 Å². The predicted molar refractivity (Wildman–Crippen MR) is 74.4 cm³/mol. The van der Waals surface area contributed by atoms with Gasteiger partial charge in [0, 0.05) is 29.7 Å². The van der Waals surface area contributed by atoms with Crippen molar-refractivity contribution in [1.29, 1.82) is 0 Å². The molecular weight excluding hydrogens is 282 g/mol. The van der Waals surface area contributed by atoms with Crippen molar-refractivity contribution in [3.05, 3.63) is 46.9 Å². The normalized spacial score (nSPS) is 12.0.